The van der Waals surface area contributed by atoms with Crippen molar-refractivity contribution in [1.29, 1.82) is 0 Å². The lowest BCUT2D eigenvalue weighted by Crippen LogP contribution is -2.49. The number of nitrogens with zero attached hydrogens (tertiary/aromatic N) is 2. The number of hydrogen-bond acceptors (Lipinski definition) is 3. The van der Waals surface area contributed by atoms with E-state index in [9.17, 15) is 9.59 Å². The molecule has 108 valence electrons. The van der Waals surface area contributed by atoms with Crippen molar-refractivity contribution in [2.45, 2.75) is 43.9 Å². The van der Waals surface area contributed by atoms with Crippen molar-refractivity contribution in [3.63, 3.8) is 0 Å². The number of pyridine rings is 1. The predicted molar refractivity (Wildman–Crippen MR) is 74.7 cm³/mol. The Morgan fingerprint density at radius 1 is 1.30 bits per heavy atom. The summed E-state index contributed by atoms with van der Waals surface area (Å²) < 4.78 is 6.90. The van der Waals surface area contributed by atoms with Crippen molar-refractivity contribution in [3.05, 3.63) is 34.2 Å². The second kappa shape index (κ2) is 5.05. The van der Waals surface area contributed by atoms with Crippen molar-refractivity contribution >= 4 is 5.91 Å². The monoisotopic (exact) mass is 276 g/mol. The number of aryl methyl sites for hydroxylation is 1. The molecule has 0 radical (unpaired) electrons. The molecule has 1 amide bonds. The highest BCUT2D eigenvalue weighted by atomic mass is 16.5. The molecule has 3 heterocycles. The van der Waals surface area contributed by atoms with E-state index in [0.29, 0.717) is 0 Å². The van der Waals surface area contributed by atoms with Crippen LogP contribution in [-0.4, -0.2) is 40.7 Å². The molecule has 2 saturated heterocycles. The maximum atomic E-state index is 12.7. The van der Waals surface area contributed by atoms with E-state index in [1.165, 1.54) is 4.57 Å². The lowest BCUT2D eigenvalue weighted by atomic mass is 9.98. The van der Waals surface area contributed by atoms with Crippen LogP contribution in [0.1, 0.15) is 36.0 Å². The minimum absolute atomic E-state index is 0.117. The normalized spacial score (nSPS) is 28.7. The van der Waals surface area contributed by atoms with E-state index < -0.39 is 0 Å². The maximum Gasteiger partial charge on any atom is 0.263 e. The van der Waals surface area contributed by atoms with Crippen molar-refractivity contribution in [2.75, 3.05) is 7.11 Å². The summed E-state index contributed by atoms with van der Waals surface area (Å²) in [6.07, 6.45) is 5.71. The number of aromatic nitrogens is 1. The van der Waals surface area contributed by atoms with Crippen LogP contribution in [0.4, 0.5) is 0 Å². The van der Waals surface area contributed by atoms with Gasteiger partial charge in [0.1, 0.15) is 5.56 Å². The highest BCUT2D eigenvalue weighted by Gasteiger charge is 2.43. The van der Waals surface area contributed by atoms with Gasteiger partial charge in [-0.15, -0.1) is 0 Å². The van der Waals surface area contributed by atoms with Crippen LogP contribution in [0, 0.1) is 0 Å². The van der Waals surface area contributed by atoms with Crippen LogP contribution >= 0.6 is 0 Å². The first-order valence-corrected chi connectivity index (χ1v) is 7.13. The average Bonchev–Trinajstić information content (AvgIpc) is 2.71. The molecule has 0 N–H and O–H groups in total. The van der Waals surface area contributed by atoms with Crippen molar-refractivity contribution in [1.82, 2.24) is 9.47 Å². The van der Waals surface area contributed by atoms with Crippen molar-refractivity contribution < 1.29 is 9.53 Å². The number of piperidine rings is 1. The van der Waals surface area contributed by atoms with Gasteiger partial charge in [-0.05, 0) is 37.8 Å². The van der Waals surface area contributed by atoms with E-state index in [-0.39, 0.29) is 35.2 Å². The standard InChI is InChI=1S/C15H20N2O3/c1-16-7-3-4-13(14(16)18)15(19)17-10-5-6-11(17)9-12(8-10)20-2/h3-4,7,10-12H,5-6,8-9H2,1-2H3. The van der Waals surface area contributed by atoms with Gasteiger partial charge in [0.2, 0.25) is 0 Å². The van der Waals surface area contributed by atoms with Gasteiger partial charge in [0.25, 0.3) is 11.5 Å². The minimum atomic E-state index is -0.217. The molecule has 2 unspecified atom stereocenters. The van der Waals surface area contributed by atoms with Gasteiger partial charge in [0, 0.05) is 32.4 Å². The number of carbonyl (C=O) groups is 1. The summed E-state index contributed by atoms with van der Waals surface area (Å²) in [7, 11) is 3.40. The first kappa shape index (κ1) is 13.4. The van der Waals surface area contributed by atoms with E-state index in [1.807, 2.05) is 4.90 Å². The molecule has 2 aliphatic rings. The molecular formula is C15H20N2O3. The number of ether oxygens (including phenoxy) is 1. The zero-order valence-corrected chi connectivity index (χ0v) is 11.9. The molecule has 20 heavy (non-hydrogen) atoms. The Morgan fingerprint density at radius 3 is 2.55 bits per heavy atom. The summed E-state index contributed by atoms with van der Waals surface area (Å²) in [4.78, 5) is 26.7. The molecular weight excluding hydrogens is 256 g/mol. The van der Waals surface area contributed by atoms with Gasteiger partial charge in [-0.3, -0.25) is 9.59 Å². The van der Waals surface area contributed by atoms with Crippen LogP contribution in [0.5, 0.6) is 0 Å². The number of hydrogen-bond donors (Lipinski definition) is 0. The van der Waals surface area contributed by atoms with Gasteiger partial charge in [0.15, 0.2) is 0 Å². The first-order chi connectivity index (χ1) is 9.61. The third-order valence-corrected chi connectivity index (χ3v) is 4.61. The summed E-state index contributed by atoms with van der Waals surface area (Å²) >= 11 is 0. The first-order valence-electron chi connectivity index (χ1n) is 7.13. The van der Waals surface area contributed by atoms with E-state index in [1.54, 1.807) is 32.5 Å². The van der Waals surface area contributed by atoms with Gasteiger partial charge in [-0.25, -0.2) is 0 Å². The Balaban J connectivity index is 1.89. The number of rotatable bonds is 2. The number of fused-ring (bicyclic) bond motifs is 2. The summed E-state index contributed by atoms with van der Waals surface area (Å²) in [5.74, 6) is -0.117. The van der Waals surface area contributed by atoms with Crippen molar-refractivity contribution in [3.8, 4) is 0 Å². The van der Waals surface area contributed by atoms with Gasteiger partial charge >= 0.3 is 0 Å². The molecule has 5 nitrogen and oxygen atoms in total. The molecule has 0 spiro atoms. The zero-order chi connectivity index (χ0) is 14.3. The van der Waals surface area contributed by atoms with Crippen LogP contribution in [0.15, 0.2) is 23.1 Å². The molecule has 0 aromatic carbocycles. The molecule has 2 aliphatic heterocycles. The second-order valence-corrected chi connectivity index (χ2v) is 5.76. The molecule has 1 aromatic heterocycles. The highest BCUT2D eigenvalue weighted by Crippen LogP contribution is 2.37. The summed E-state index contributed by atoms with van der Waals surface area (Å²) in [6.45, 7) is 0. The number of carbonyl (C=O) groups excluding carboxylic acids is 1. The maximum absolute atomic E-state index is 12.7. The molecule has 0 saturated carbocycles. The summed E-state index contributed by atoms with van der Waals surface area (Å²) in [6, 6.07) is 3.82. The zero-order valence-electron chi connectivity index (χ0n) is 11.9. The fourth-order valence-electron chi connectivity index (χ4n) is 3.55. The van der Waals surface area contributed by atoms with E-state index >= 15 is 0 Å². The second-order valence-electron chi connectivity index (χ2n) is 5.76. The highest BCUT2D eigenvalue weighted by molar-refractivity contribution is 5.94. The van der Waals surface area contributed by atoms with Gasteiger partial charge in [-0.1, -0.05) is 0 Å². The lowest BCUT2D eigenvalue weighted by Gasteiger charge is -2.38. The van der Waals surface area contributed by atoms with Crippen LogP contribution in [0.25, 0.3) is 0 Å². The molecule has 2 bridgehead atoms. The quantitative estimate of drug-likeness (QED) is 0.814. The Hall–Kier alpha value is -1.62. The van der Waals surface area contributed by atoms with Crippen LogP contribution in [0.3, 0.4) is 0 Å². The Kier molecular flexibility index (Phi) is 3.38. The largest absolute Gasteiger partial charge is 0.381 e. The van der Waals surface area contributed by atoms with E-state index in [4.69, 9.17) is 4.74 Å². The summed E-state index contributed by atoms with van der Waals surface area (Å²) in [5, 5.41) is 0. The van der Waals surface area contributed by atoms with E-state index in [0.717, 1.165) is 25.7 Å². The molecule has 5 heteroatoms. The van der Waals surface area contributed by atoms with Gasteiger partial charge in [0.05, 0.1) is 6.10 Å². The van der Waals surface area contributed by atoms with E-state index in [2.05, 4.69) is 0 Å². The summed E-state index contributed by atoms with van der Waals surface area (Å²) in [5.41, 5.74) is 0.0635. The van der Waals surface area contributed by atoms with Crippen LogP contribution < -0.4 is 5.56 Å². The number of methoxy groups -OCH3 is 1. The number of amides is 1. The van der Waals surface area contributed by atoms with Gasteiger partial charge < -0.3 is 14.2 Å². The fraction of sp³-hybridized carbons (Fsp3) is 0.600. The third kappa shape index (κ3) is 2.06. The smallest absolute Gasteiger partial charge is 0.263 e. The topological polar surface area (TPSA) is 51.5 Å². The molecule has 0 aliphatic carbocycles. The van der Waals surface area contributed by atoms with Gasteiger partial charge in [-0.2, -0.15) is 0 Å². The fourth-order valence-corrected chi connectivity index (χ4v) is 3.55. The average molecular weight is 276 g/mol. The Labute approximate surface area is 118 Å². The third-order valence-electron chi connectivity index (χ3n) is 4.61. The molecule has 1 aromatic rings. The molecule has 2 atom stereocenters. The predicted octanol–water partition coefficient (Wildman–Crippen LogP) is 1.17. The minimum Gasteiger partial charge on any atom is -0.381 e. The SMILES string of the molecule is COC1CC2CCC(C1)N2C(=O)c1cccn(C)c1=O. The van der Waals surface area contributed by atoms with Crippen molar-refractivity contribution in [2.24, 2.45) is 7.05 Å². The van der Waals surface area contributed by atoms with Crippen LogP contribution in [0.2, 0.25) is 0 Å². The Bertz CT molecular complexity index is 567. The molecule has 3 rings (SSSR count). The molecule has 2 fully saturated rings. The van der Waals surface area contributed by atoms with Crippen LogP contribution in [-0.2, 0) is 11.8 Å². The Morgan fingerprint density at radius 2 is 1.95 bits per heavy atom. The lowest BCUT2D eigenvalue weighted by molar-refractivity contribution is 0.00811.